The average molecular weight is 501 g/mol. The van der Waals surface area contributed by atoms with Crippen molar-refractivity contribution in [1.82, 2.24) is 18.8 Å². The molecule has 35 heavy (non-hydrogen) atoms. The van der Waals surface area contributed by atoms with Gasteiger partial charge in [-0.1, -0.05) is 23.3 Å². The van der Waals surface area contributed by atoms with Gasteiger partial charge in [0.25, 0.3) is 5.56 Å². The van der Waals surface area contributed by atoms with E-state index < -0.39 is 37.4 Å². The Morgan fingerprint density at radius 3 is 2.23 bits per heavy atom. The predicted octanol–water partition coefficient (Wildman–Crippen LogP) is -2.59. The first-order valence-electron chi connectivity index (χ1n) is 12.0. The maximum atomic E-state index is 14.3. The Hall–Kier alpha value is -1.82. The molecule has 2 aromatic heterocycles. The first-order chi connectivity index (χ1) is 16.0. The van der Waals surface area contributed by atoms with E-state index in [1.54, 1.807) is 0 Å². The highest BCUT2D eigenvalue weighted by Gasteiger charge is 2.48. The van der Waals surface area contributed by atoms with E-state index >= 15 is 0 Å². The first-order valence-corrected chi connectivity index (χ1v) is 13.9. The van der Waals surface area contributed by atoms with Crippen molar-refractivity contribution in [3.63, 3.8) is 0 Å². The molecule has 0 amide bonds. The van der Waals surface area contributed by atoms with E-state index in [1.165, 1.54) is 27.4 Å². The molecule has 1 saturated heterocycles. The van der Waals surface area contributed by atoms with Gasteiger partial charge in [0.15, 0.2) is 7.85 Å². The smallest absolute Gasteiger partial charge is 0.260 e. The number of anilines is 1. The number of sulfonamides is 1. The molecule has 2 aliphatic rings. The molecule has 2 aromatic rings. The van der Waals surface area contributed by atoms with Gasteiger partial charge < -0.3 is 5.32 Å². The fourth-order valence-electron chi connectivity index (χ4n) is 5.97. The van der Waals surface area contributed by atoms with E-state index in [4.69, 9.17) is 0 Å². The van der Waals surface area contributed by atoms with Crippen molar-refractivity contribution in [1.29, 1.82) is 0 Å². The average Bonchev–Trinajstić information content (AvgIpc) is 3.22. The van der Waals surface area contributed by atoms with Crippen LogP contribution in [0.3, 0.4) is 0 Å². The number of pyridine rings is 1. The van der Waals surface area contributed by atoms with Gasteiger partial charge >= 0.3 is 0 Å². The van der Waals surface area contributed by atoms with Crippen molar-refractivity contribution in [3.8, 4) is 0 Å². The van der Waals surface area contributed by atoms with Crippen LogP contribution in [0.25, 0.3) is 11.0 Å². The summed E-state index contributed by atoms with van der Waals surface area (Å²) in [6, 6.07) is 0.836. The number of piperidine rings is 1. The zero-order valence-corrected chi connectivity index (χ0v) is 22.0. The Kier molecular flexibility index (Phi) is 6.48. The second-order valence-electron chi connectivity index (χ2n) is 11.6. The number of nitrogens with zero attached hydrogens (tertiary/aromatic N) is 4. The lowest BCUT2D eigenvalue weighted by atomic mass is 9.36. The Bertz CT molecular complexity index is 1290. The lowest BCUT2D eigenvalue weighted by Crippen LogP contribution is -2.60. The third-order valence-corrected chi connectivity index (χ3v) is 8.61. The van der Waals surface area contributed by atoms with Crippen LogP contribution in [-0.2, 0) is 15.8 Å². The molecule has 0 aromatic carbocycles. The quantitative estimate of drug-likeness (QED) is 0.453. The molecule has 1 N–H and O–H groups in total. The number of hydrogen-bond acceptors (Lipinski definition) is 6. The van der Waals surface area contributed by atoms with Crippen LogP contribution in [0.1, 0.15) is 37.3 Å². The summed E-state index contributed by atoms with van der Waals surface area (Å²) >= 11 is 0. The van der Waals surface area contributed by atoms with Gasteiger partial charge in [-0.15, -0.1) is 0 Å². The molecule has 0 radical (unpaired) electrons. The van der Waals surface area contributed by atoms with Gasteiger partial charge in [0.2, 0.25) is 21.8 Å². The summed E-state index contributed by atoms with van der Waals surface area (Å²) < 4.78 is 56.0. The third-order valence-electron chi connectivity index (χ3n) is 7.41. The van der Waals surface area contributed by atoms with Gasteiger partial charge in [-0.2, -0.15) is 4.98 Å². The third kappa shape index (κ3) is 5.05. The molecule has 0 spiro atoms. The number of rotatable bonds is 5. The van der Waals surface area contributed by atoms with E-state index in [1.807, 2.05) is 31.4 Å². The Labute approximate surface area is 209 Å². The molecule has 0 bridgehead atoms. The van der Waals surface area contributed by atoms with Crippen molar-refractivity contribution >= 4 is 66.2 Å². The minimum atomic E-state index is -3.35. The first kappa shape index (κ1) is 26.3. The predicted molar refractivity (Wildman–Crippen MR) is 147 cm³/mol. The van der Waals surface area contributed by atoms with Crippen LogP contribution < -0.4 is 10.9 Å². The molecular weight excluding hydrogens is 470 g/mol. The fourth-order valence-corrected chi connectivity index (χ4v) is 7.10. The van der Waals surface area contributed by atoms with E-state index in [-0.39, 0.29) is 12.1 Å². The van der Waals surface area contributed by atoms with Crippen molar-refractivity contribution < 1.29 is 17.2 Å². The Morgan fingerprint density at radius 2 is 1.71 bits per heavy atom. The zero-order chi connectivity index (χ0) is 26.0. The van der Waals surface area contributed by atoms with Crippen LogP contribution in [0.4, 0.5) is 14.7 Å². The van der Waals surface area contributed by atoms with E-state index in [9.17, 15) is 22.0 Å². The van der Waals surface area contributed by atoms with Gasteiger partial charge in [0, 0.05) is 36.8 Å². The summed E-state index contributed by atoms with van der Waals surface area (Å²) in [6.07, 6.45) is 6.05. The van der Waals surface area contributed by atoms with Crippen molar-refractivity contribution in [3.05, 3.63) is 28.2 Å². The highest BCUT2D eigenvalue weighted by atomic mass is 32.2. The molecule has 8 nitrogen and oxygen atoms in total. The summed E-state index contributed by atoms with van der Waals surface area (Å²) in [5, 5.41) is 2.88. The van der Waals surface area contributed by atoms with Gasteiger partial charge in [0.1, 0.15) is 37.0 Å². The summed E-state index contributed by atoms with van der Waals surface area (Å²) in [6.45, 7) is 0.671. The van der Waals surface area contributed by atoms with Crippen LogP contribution >= 0.6 is 0 Å². The van der Waals surface area contributed by atoms with Crippen LogP contribution in [0.5, 0.6) is 0 Å². The van der Waals surface area contributed by atoms with Crippen molar-refractivity contribution in [2.24, 2.45) is 0 Å². The van der Waals surface area contributed by atoms with Crippen molar-refractivity contribution in [2.45, 2.75) is 54.0 Å². The lowest BCUT2D eigenvalue weighted by molar-refractivity contribution is 0.0919. The number of aromatic nitrogens is 3. The maximum absolute atomic E-state index is 14.3. The Balaban J connectivity index is 1.79. The molecule has 0 unspecified atom stereocenters. The van der Waals surface area contributed by atoms with E-state index in [0.29, 0.717) is 30.1 Å². The SMILES string of the molecule is BC(F)(F)c1cc2cnc(NC3C(B)(B)CN(S(C)(=O)=O)CC3(B)B)nc2n(C2CCCC2)c1=O. The van der Waals surface area contributed by atoms with Crippen LogP contribution in [0.2, 0.25) is 10.4 Å². The lowest BCUT2D eigenvalue weighted by Gasteiger charge is -2.53. The summed E-state index contributed by atoms with van der Waals surface area (Å²) in [7, 11) is 5.36. The summed E-state index contributed by atoms with van der Waals surface area (Å²) in [5.74, 6) is -2.98. The second-order valence-corrected chi connectivity index (χ2v) is 13.6. The minimum Gasteiger partial charge on any atom is -0.353 e. The van der Waals surface area contributed by atoms with Gasteiger partial charge in [0.05, 0.1) is 11.8 Å². The maximum Gasteiger partial charge on any atom is 0.260 e. The van der Waals surface area contributed by atoms with Crippen LogP contribution in [0.15, 0.2) is 17.1 Å². The summed E-state index contributed by atoms with van der Waals surface area (Å²) in [4.78, 5) is 22.3. The van der Waals surface area contributed by atoms with Crippen LogP contribution in [0, 0.1) is 0 Å². The minimum absolute atomic E-state index is 0.180. The zero-order valence-electron chi connectivity index (χ0n) is 21.2. The van der Waals surface area contributed by atoms with Gasteiger partial charge in [-0.05, 0) is 18.9 Å². The van der Waals surface area contributed by atoms with Crippen LogP contribution in [-0.4, -0.2) is 91.9 Å². The molecule has 184 valence electrons. The van der Waals surface area contributed by atoms with Gasteiger partial charge in [-0.25, -0.2) is 26.5 Å². The molecular formula is C19H30B5F2N5O3S. The molecule has 1 saturated carbocycles. The van der Waals surface area contributed by atoms with E-state index in [2.05, 4.69) is 15.3 Å². The van der Waals surface area contributed by atoms with Gasteiger partial charge in [-0.3, -0.25) is 9.36 Å². The normalized spacial score (nSPS) is 21.9. The standard InChI is InChI=1S/C19H30B5F2N5O3S/c1-35(33,34)30-8-17(20,21)15(18(22,23)9-30)29-16-27-7-10-6-12(19(24,25)26)14(32)31(13(10)28-16)11-4-2-3-5-11/h6-7,11,15H,2-5,8-9,20-24H2,1H3,(H,27,28,29). The molecule has 3 heterocycles. The number of halogens is 2. The van der Waals surface area contributed by atoms with E-state index in [0.717, 1.165) is 33.5 Å². The largest absolute Gasteiger partial charge is 0.353 e. The molecule has 2 fully saturated rings. The molecule has 1 aliphatic heterocycles. The molecule has 16 heteroatoms. The second kappa shape index (κ2) is 8.64. The fraction of sp³-hybridized carbons (Fsp3) is 0.632. The topological polar surface area (TPSA) is 97.2 Å². The number of alkyl halides is 2. The highest BCUT2D eigenvalue weighted by molar-refractivity contribution is 7.88. The number of hydrogen-bond donors (Lipinski definition) is 1. The highest BCUT2D eigenvalue weighted by Crippen LogP contribution is 2.44. The molecule has 0 atom stereocenters. The molecule has 4 rings (SSSR count). The molecule has 1 aliphatic carbocycles. The number of nitrogens with one attached hydrogen (secondary N) is 1. The summed E-state index contributed by atoms with van der Waals surface area (Å²) in [5.41, 5.74) is -0.906. The number of fused-ring (bicyclic) bond motifs is 1. The van der Waals surface area contributed by atoms with Crippen molar-refractivity contribution in [2.75, 3.05) is 24.7 Å². The monoisotopic (exact) mass is 501 g/mol. The Morgan fingerprint density at radius 1 is 1.14 bits per heavy atom.